The lowest BCUT2D eigenvalue weighted by atomic mass is 9.81. The van der Waals surface area contributed by atoms with Crippen LogP contribution in [-0.2, 0) is 0 Å². The number of nitrogens with one attached hydrogen (secondary N) is 1. The predicted molar refractivity (Wildman–Crippen MR) is 131 cm³/mol. The molecule has 0 saturated carbocycles. The fraction of sp³-hybridized carbons (Fsp3) is 0.357. The van der Waals surface area contributed by atoms with Crippen LogP contribution < -0.4 is 4.74 Å². The summed E-state index contributed by atoms with van der Waals surface area (Å²) in [5.74, 6) is 0.842. The lowest BCUT2D eigenvalue weighted by Crippen LogP contribution is -2.51. The van der Waals surface area contributed by atoms with Crippen LogP contribution in [0.1, 0.15) is 48.2 Å². The van der Waals surface area contributed by atoms with E-state index < -0.39 is 12.2 Å². The molecule has 0 bridgehead atoms. The number of aromatic amines is 1. The van der Waals surface area contributed by atoms with Gasteiger partial charge in [-0.3, -0.25) is 0 Å². The minimum atomic E-state index is -0.543. The third-order valence-electron chi connectivity index (χ3n) is 7.58. The number of piperidine rings is 1. The number of fused-ring (bicyclic) bond motifs is 4. The second kappa shape index (κ2) is 7.87. The first kappa shape index (κ1) is 20.7. The van der Waals surface area contributed by atoms with Gasteiger partial charge < -0.3 is 24.8 Å². The summed E-state index contributed by atoms with van der Waals surface area (Å²) in [6.45, 7) is 4.35. The molecule has 0 radical (unpaired) electrons. The van der Waals surface area contributed by atoms with E-state index in [0.29, 0.717) is 13.0 Å². The minimum Gasteiger partial charge on any atom is -0.486 e. The summed E-state index contributed by atoms with van der Waals surface area (Å²) in [6.07, 6.45) is 3.18. The number of rotatable bonds is 3. The molecular formula is C28H30N2O3. The van der Waals surface area contributed by atoms with Gasteiger partial charge in [0.25, 0.3) is 0 Å². The van der Waals surface area contributed by atoms with Gasteiger partial charge in [-0.25, -0.2) is 0 Å². The van der Waals surface area contributed by atoms with Crippen molar-refractivity contribution in [2.24, 2.45) is 0 Å². The highest BCUT2D eigenvalue weighted by molar-refractivity contribution is 5.90. The van der Waals surface area contributed by atoms with E-state index in [2.05, 4.69) is 53.2 Å². The lowest BCUT2D eigenvalue weighted by Gasteiger charge is -2.46. The largest absolute Gasteiger partial charge is 0.486 e. The van der Waals surface area contributed by atoms with E-state index in [4.69, 9.17) is 4.74 Å². The van der Waals surface area contributed by atoms with Crippen LogP contribution >= 0.6 is 0 Å². The van der Waals surface area contributed by atoms with Crippen molar-refractivity contribution in [3.8, 4) is 5.75 Å². The van der Waals surface area contributed by atoms with Crippen molar-refractivity contribution in [1.29, 1.82) is 0 Å². The molecular weight excluding hydrogens is 412 g/mol. The molecule has 5 nitrogen and oxygen atoms in total. The molecule has 1 aromatic heterocycles. The van der Waals surface area contributed by atoms with E-state index in [-0.39, 0.29) is 5.60 Å². The van der Waals surface area contributed by atoms with Crippen molar-refractivity contribution in [2.45, 2.75) is 44.0 Å². The van der Waals surface area contributed by atoms with Crippen LogP contribution in [0.4, 0.5) is 0 Å². The second-order valence-electron chi connectivity index (χ2n) is 9.82. The lowest BCUT2D eigenvalue weighted by molar-refractivity contribution is -0.0576. The number of likely N-dealkylation sites (tertiary alicyclic amines) is 1. The molecule has 0 unspecified atom stereocenters. The summed E-state index contributed by atoms with van der Waals surface area (Å²) in [5, 5.41) is 25.2. The monoisotopic (exact) mass is 442 g/mol. The summed E-state index contributed by atoms with van der Waals surface area (Å²) in [7, 11) is 0. The van der Waals surface area contributed by atoms with Crippen molar-refractivity contribution in [3.05, 3.63) is 77.5 Å². The highest BCUT2D eigenvalue weighted by Gasteiger charge is 2.43. The van der Waals surface area contributed by atoms with Crippen molar-refractivity contribution < 1.29 is 14.9 Å². The normalized spacial score (nSPS) is 21.2. The summed E-state index contributed by atoms with van der Waals surface area (Å²) in [5.41, 5.74) is 3.77. The maximum absolute atomic E-state index is 11.0. The van der Waals surface area contributed by atoms with Crippen molar-refractivity contribution >= 4 is 21.7 Å². The van der Waals surface area contributed by atoms with E-state index in [0.717, 1.165) is 64.5 Å². The van der Waals surface area contributed by atoms with E-state index in [1.54, 1.807) is 0 Å². The molecule has 3 N–H and O–H groups in total. The third-order valence-corrected chi connectivity index (χ3v) is 7.58. The molecule has 0 aliphatic carbocycles. The summed E-state index contributed by atoms with van der Waals surface area (Å²) >= 11 is 0. The van der Waals surface area contributed by atoms with Gasteiger partial charge in [-0.15, -0.1) is 0 Å². The predicted octanol–water partition coefficient (Wildman–Crippen LogP) is 5.01. The average Bonchev–Trinajstić information content (AvgIpc) is 3.24. The van der Waals surface area contributed by atoms with Crippen LogP contribution in [0.25, 0.3) is 21.7 Å². The Balaban J connectivity index is 1.18. The Hall–Kier alpha value is -2.86. The topological polar surface area (TPSA) is 68.7 Å². The Labute approximate surface area is 193 Å². The molecule has 4 aromatic rings. The molecule has 2 aliphatic rings. The molecule has 1 spiro atoms. The number of aliphatic hydroxyl groups excluding tert-OH is 2. The molecule has 3 heterocycles. The first-order chi connectivity index (χ1) is 16.0. The number of benzene rings is 3. The van der Waals surface area contributed by atoms with Crippen molar-refractivity contribution in [3.63, 3.8) is 0 Å². The number of aliphatic hydroxyl groups is 2. The van der Waals surface area contributed by atoms with Gasteiger partial charge in [-0.2, -0.15) is 0 Å². The maximum Gasteiger partial charge on any atom is 0.133 e. The number of aryl methyl sites for hydroxylation is 1. The van der Waals surface area contributed by atoms with E-state index in [9.17, 15) is 10.2 Å². The molecule has 0 amide bonds. The number of H-pyrrole nitrogens is 1. The Morgan fingerprint density at radius 3 is 2.76 bits per heavy atom. The number of aromatic nitrogens is 1. The highest BCUT2D eigenvalue weighted by Crippen LogP contribution is 2.47. The number of β-amino-alcohol motifs (C(OH)–C–C–N with tert-alkyl or cyclic N) is 1. The maximum atomic E-state index is 11.0. The van der Waals surface area contributed by atoms with Crippen LogP contribution in [0.5, 0.6) is 5.75 Å². The SMILES string of the molecule is Cc1ccc2c([C@@H](O)CN3CCC4(CC3)C[C@@H](O)c3ccc5ccccc5c3O4)c[nH]c2c1. The molecule has 5 heteroatoms. The quantitative estimate of drug-likeness (QED) is 0.417. The third kappa shape index (κ3) is 3.61. The zero-order chi connectivity index (χ0) is 22.6. The molecule has 170 valence electrons. The molecule has 1 fully saturated rings. The van der Waals surface area contributed by atoms with Gasteiger partial charge in [0.15, 0.2) is 0 Å². The van der Waals surface area contributed by atoms with Crippen molar-refractivity contribution in [1.82, 2.24) is 9.88 Å². The Morgan fingerprint density at radius 1 is 1.09 bits per heavy atom. The van der Waals surface area contributed by atoms with Crippen LogP contribution in [0.15, 0.2) is 60.8 Å². The Morgan fingerprint density at radius 2 is 1.91 bits per heavy atom. The number of hydrogen-bond donors (Lipinski definition) is 3. The molecule has 2 aliphatic heterocycles. The Bertz CT molecular complexity index is 1320. The van der Waals surface area contributed by atoms with Crippen molar-refractivity contribution in [2.75, 3.05) is 19.6 Å². The van der Waals surface area contributed by atoms with Gasteiger partial charge in [0, 0.05) is 59.7 Å². The minimum absolute atomic E-state index is 0.351. The Kier molecular flexibility index (Phi) is 4.94. The number of hydrogen-bond acceptors (Lipinski definition) is 4. The molecule has 1 saturated heterocycles. The smallest absolute Gasteiger partial charge is 0.133 e. The van der Waals surface area contributed by atoms with E-state index >= 15 is 0 Å². The zero-order valence-electron chi connectivity index (χ0n) is 18.9. The van der Waals surface area contributed by atoms with Gasteiger partial charge in [0.1, 0.15) is 11.4 Å². The van der Waals surface area contributed by atoms with Crippen LogP contribution in [-0.4, -0.2) is 45.3 Å². The first-order valence-electron chi connectivity index (χ1n) is 11.9. The van der Waals surface area contributed by atoms with Crippen LogP contribution in [0.3, 0.4) is 0 Å². The van der Waals surface area contributed by atoms with E-state index in [1.165, 1.54) is 5.56 Å². The van der Waals surface area contributed by atoms with Gasteiger partial charge in [-0.05, 0) is 36.8 Å². The first-order valence-corrected chi connectivity index (χ1v) is 11.9. The van der Waals surface area contributed by atoms with Crippen LogP contribution in [0, 0.1) is 6.92 Å². The summed E-state index contributed by atoms with van der Waals surface area (Å²) in [4.78, 5) is 5.61. The fourth-order valence-electron chi connectivity index (χ4n) is 5.69. The number of ether oxygens (including phenoxy) is 1. The highest BCUT2D eigenvalue weighted by atomic mass is 16.5. The molecule has 2 atom stereocenters. The summed E-state index contributed by atoms with van der Waals surface area (Å²) < 4.78 is 6.68. The fourth-order valence-corrected chi connectivity index (χ4v) is 5.69. The standard InChI is InChI=1S/C28H30N2O3/c1-18-6-8-21-23(16-29-24(21)14-18)26(32)17-30-12-10-28(11-13-30)15-25(31)22-9-7-19-4-2-3-5-20(19)27(22)33-28/h2-9,14,16,25-26,29,31-32H,10-13,15,17H2,1H3/t25-,26+/m1/s1. The second-order valence-corrected chi connectivity index (χ2v) is 9.82. The summed E-state index contributed by atoms with van der Waals surface area (Å²) in [6, 6.07) is 18.6. The van der Waals surface area contributed by atoms with Gasteiger partial charge in [0.2, 0.25) is 0 Å². The van der Waals surface area contributed by atoms with Crippen LogP contribution in [0.2, 0.25) is 0 Å². The van der Waals surface area contributed by atoms with Gasteiger partial charge in [0.05, 0.1) is 12.2 Å². The van der Waals surface area contributed by atoms with E-state index in [1.807, 2.05) is 24.4 Å². The molecule has 33 heavy (non-hydrogen) atoms. The number of nitrogens with zero attached hydrogens (tertiary/aromatic N) is 1. The average molecular weight is 443 g/mol. The molecule has 6 rings (SSSR count). The van der Waals surface area contributed by atoms with Gasteiger partial charge >= 0.3 is 0 Å². The zero-order valence-corrected chi connectivity index (χ0v) is 18.9. The molecule has 3 aromatic carbocycles. The van der Waals surface area contributed by atoms with Gasteiger partial charge in [-0.1, -0.05) is 48.5 Å².